The quantitative estimate of drug-likeness (QED) is 0.129. The standard InChI is InChI=1S/C88H76N2/c1-55(2)57-25-29-59(30-26-57)61-33-37-65(38-34-61)73-53-76(68-42-46-84-78(50-68)80-52-70(88(8,9)10)44-48-86(80)90(84)82-24-16-20-64-18-12-14-22-72(64)82)74(66-39-35-62(36-40-66)60-31-27-58(28-32-60)56(3)4)54-75(73)67-41-45-83-77(49-67)79-51-69(87(5,6)7)43-47-85(79)89(83)81-23-15-19-63-17-11-13-21-71(63)81/h11-56H,1-10H3. The molecule has 0 saturated carbocycles. The van der Waals surface area contributed by atoms with Crippen molar-refractivity contribution in [3.8, 4) is 78.1 Å². The van der Waals surface area contributed by atoms with E-state index in [2.05, 4.69) is 345 Å². The molecule has 15 rings (SSSR count). The fourth-order valence-electron chi connectivity index (χ4n) is 14.0. The van der Waals surface area contributed by atoms with Crippen LogP contribution >= 0.6 is 0 Å². The Kier molecular flexibility index (Phi) is 13.8. The van der Waals surface area contributed by atoms with Gasteiger partial charge in [0.2, 0.25) is 0 Å². The van der Waals surface area contributed by atoms with Crippen molar-refractivity contribution in [1.29, 1.82) is 0 Å². The van der Waals surface area contributed by atoms with Crippen LogP contribution in [0.5, 0.6) is 0 Å². The van der Waals surface area contributed by atoms with Crippen LogP contribution in [0.4, 0.5) is 0 Å². The van der Waals surface area contributed by atoms with E-state index in [0.717, 1.165) is 11.1 Å². The number of nitrogens with zero attached hydrogens (tertiary/aromatic N) is 2. The third kappa shape index (κ3) is 9.91. The van der Waals surface area contributed by atoms with E-state index in [1.165, 1.54) is 154 Å². The van der Waals surface area contributed by atoms with E-state index in [4.69, 9.17) is 0 Å². The first-order valence-electron chi connectivity index (χ1n) is 32.3. The minimum Gasteiger partial charge on any atom is -0.309 e. The molecule has 438 valence electrons. The number of hydrogen-bond donors (Lipinski definition) is 0. The average molecular weight is 1160 g/mol. The lowest BCUT2D eigenvalue weighted by Crippen LogP contribution is -2.10. The zero-order valence-corrected chi connectivity index (χ0v) is 53.5. The van der Waals surface area contributed by atoms with Crippen LogP contribution in [-0.2, 0) is 10.8 Å². The molecule has 0 amide bonds. The fraction of sp³-hybridized carbons (Fsp3) is 0.159. The van der Waals surface area contributed by atoms with Crippen LogP contribution in [0.15, 0.2) is 267 Å². The van der Waals surface area contributed by atoms with Gasteiger partial charge in [-0.2, -0.15) is 0 Å². The Morgan fingerprint density at radius 2 is 0.533 bits per heavy atom. The van der Waals surface area contributed by atoms with Crippen LogP contribution in [0.25, 0.3) is 143 Å². The maximum absolute atomic E-state index is 2.52. The van der Waals surface area contributed by atoms with Crippen LogP contribution in [0.2, 0.25) is 0 Å². The molecule has 0 saturated heterocycles. The van der Waals surface area contributed by atoms with Gasteiger partial charge < -0.3 is 9.13 Å². The Labute approximate surface area is 530 Å². The smallest absolute Gasteiger partial charge is 0.0541 e. The van der Waals surface area contributed by atoms with Crippen molar-refractivity contribution < 1.29 is 0 Å². The molecule has 2 aromatic heterocycles. The zero-order valence-electron chi connectivity index (χ0n) is 53.5. The Balaban J connectivity index is 1.00. The maximum atomic E-state index is 2.52. The first-order valence-corrected chi connectivity index (χ1v) is 32.3. The normalized spacial score (nSPS) is 12.3. The lowest BCUT2D eigenvalue weighted by atomic mass is 9.84. The summed E-state index contributed by atoms with van der Waals surface area (Å²) in [5.41, 5.74) is 26.6. The maximum Gasteiger partial charge on any atom is 0.0541 e. The molecule has 2 nitrogen and oxygen atoms in total. The number of aromatic nitrogens is 2. The Bertz CT molecular complexity index is 4920. The summed E-state index contributed by atoms with van der Waals surface area (Å²) in [6, 6.07) is 102. The van der Waals surface area contributed by atoms with Crippen LogP contribution in [0.1, 0.15) is 103 Å². The van der Waals surface area contributed by atoms with Crippen LogP contribution in [-0.4, -0.2) is 9.13 Å². The Morgan fingerprint density at radius 1 is 0.244 bits per heavy atom. The SMILES string of the molecule is CC(C)c1ccc(-c2ccc(-c3cc(-c4ccc5c(c4)c4cc(C(C)(C)C)ccc4n5-c4cccc5ccccc45)c(-c4ccc(-c5ccc(C(C)C)cc5)cc4)cc3-c3ccc4c(c3)c3cc(C(C)(C)C)ccc3n4-c3cccc4ccccc34)cc2)cc1. The highest BCUT2D eigenvalue weighted by atomic mass is 15.0. The minimum absolute atomic E-state index is 0.0456. The van der Waals surface area contributed by atoms with E-state index in [1.807, 2.05) is 0 Å². The molecule has 13 aromatic carbocycles. The predicted octanol–water partition coefficient (Wildman–Crippen LogP) is 25.0. The highest BCUT2D eigenvalue weighted by Gasteiger charge is 2.25. The van der Waals surface area contributed by atoms with Crippen LogP contribution in [0, 0.1) is 0 Å². The lowest BCUT2D eigenvalue weighted by molar-refractivity contribution is 0.591. The third-order valence-corrected chi connectivity index (χ3v) is 19.3. The van der Waals surface area contributed by atoms with Gasteiger partial charge in [0.1, 0.15) is 0 Å². The molecule has 0 aliphatic heterocycles. The summed E-state index contributed by atoms with van der Waals surface area (Å²) < 4.78 is 5.00. The van der Waals surface area contributed by atoms with Gasteiger partial charge in [0.05, 0.1) is 33.4 Å². The summed E-state index contributed by atoms with van der Waals surface area (Å²) in [6.07, 6.45) is 0. The van der Waals surface area contributed by atoms with Gasteiger partial charge in [0.15, 0.2) is 0 Å². The molecule has 0 atom stereocenters. The summed E-state index contributed by atoms with van der Waals surface area (Å²) in [4.78, 5) is 0. The highest BCUT2D eigenvalue weighted by molar-refractivity contribution is 6.14. The number of rotatable bonds is 10. The summed E-state index contributed by atoms with van der Waals surface area (Å²) in [5, 5.41) is 9.88. The van der Waals surface area contributed by atoms with Crippen molar-refractivity contribution in [2.45, 2.75) is 91.9 Å². The first-order chi connectivity index (χ1) is 43.5. The molecule has 0 N–H and O–H groups in total. The van der Waals surface area contributed by atoms with Crippen LogP contribution < -0.4 is 0 Å². The second kappa shape index (κ2) is 21.9. The van der Waals surface area contributed by atoms with Gasteiger partial charge in [0.25, 0.3) is 0 Å². The third-order valence-electron chi connectivity index (χ3n) is 19.3. The van der Waals surface area contributed by atoms with E-state index < -0.39 is 0 Å². The van der Waals surface area contributed by atoms with Gasteiger partial charge in [-0.3, -0.25) is 0 Å². The van der Waals surface area contributed by atoms with E-state index in [-0.39, 0.29) is 10.8 Å². The van der Waals surface area contributed by atoms with Gasteiger partial charge in [-0.25, -0.2) is 0 Å². The van der Waals surface area contributed by atoms with Crippen molar-refractivity contribution in [2.75, 3.05) is 0 Å². The number of benzene rings is 13. The van der Waals surface area contributed by atoms with Crippen molar-refractivity contribution in [1.82, 2.24) is 9.13 Å². The molecule has 0 fully saturated rings. The van der Waals surface area contributed by atoms with Crippen molar-refractivity contribution in [3.05, 3.63) is 289 Å². The van der Waals surface area contributed by atoms with Crippen molar-refractivity contribution >= 4 is 65.2 Å². The van der Waals surface area contributed by atoms with Gasteiger partial charge in [0, 0.05) is 32.3 Å². The van der Waals surface area contributed by atoms with Gasteiger partial charge in [-0.05, 0) is 195 Å². The van der Waals surface area contributed by atoms with E-state index in [0.29, 0.717) is 11.8 Å². The largest absolute Gasteiger partial charge is 0.309 e. The molecule has 0 aliphatic carbocycles. The molecule has 0 bridgehead atoms. The average Bonchev–Trinajstić information content (AvgIpc) is 1.55. The summed E-state index contributed by atoms with van der Waals surface area (Å²) in [5.74, 6) is 0.937. The van der Waals surface area contributed by atoms with Gasteiger partial charge in [-0.15, -0.1) is 0 Å². The molecular weight excluding hydrogens is 1080 g/mol. The summed E-state index contributed by atoms with van der Waals surface area (Å²) in [6.45, 7) is 23.0. The topological polar surface area (TPSA) is 9.86 Å². The second-order valence-corrected chi connectivity index (χ2v) is 27.7. The van der Waals surface area contributed by atoms with E-state index >= 15 is 0 Å². The fourth-order valence-corrected chi connectivity index (χ4v) is 14.0. The molecule has 0 spiro atoms. The molecule has 15 aromatic rings. The molecule has 0 radical (unpaired) electrons. The molecule has 0 aliphatic rings. The van der Waals surface area contributed by atoms with Gasteiger partial charge >= 0.3 is 0 Å². The number of fused-ring (bicyclic) bond motifs is 8. The van der Waals surface area contributed by atoms with Crippen molar-refractivity contribution in [2.24, 2.45) is 0 Å². The molecule has 2 heterocycles. The monoisotopic (exact) mass is 1160 g/mol. The second-order valence-electron chi connectivity index (χ2n) is 27.7. The minimum atomic E-state index is -0.0456. The first kappa shape index (κ1) is 56.5. The molecular formula is C88H76N2. The van der Waals surface area contributed by atoms with E-state index in [1.54, 1.807) is 0 Å². The van der Waals surface area contributed by atoms with Gasteiger partial charge in [-0.1, -0.05) is 263 Å². The number of hydrogen-bond acceptors (Lipinski definition) is 0. The van der Waals surface area contributed by atoms with E-state index in [9.17, 15) is 0 Å². The summed E-state index contributed by atoms with van der Waals surface area (Å²) >= 11 is 0. The predicted molar refractivity (Wildman–Crippen MR) is 388 cm³/mol. The molecule has 0 unspecified atom stereocenters. The lowest BCUT2D eigenvalue weighted by Gasteiger charge is -2.20. The highest BCUT2D eigenvalue weighted by Crippen LogP contribution is 2.48. The summed E-state index contributed by atoms with van der Waals surface area (Å²) in [7, 11) is 0. The zero-order chi connectivity index (χ0) is 61.7. The van der Waals surface area contributed by atoms with Crippen LogP contribution in [0.3, 0.4) is 0 Å². The Hall–Kier alpha value is -10.0. The molecule has 90 heavy (non-hydrogen) atoms. The van der Waals surface area contributed by atoms with Crippen molar-refractivity contribution in [3.63, 3.8) is 0 Å². The molecule has 2 heteroatoms. The Morgan fingerprint density at radius 3 is 0.889 bits per heavy atom.